The van der Waals surface area contributed by atoms with Gasteiger partial charge in [-0.15, -0.1) is 5.10 Å². The first kappa shape index (κ1) is 15.3. The quantitative estimate of drug-likeness (QED) is 0.899. The number of hydrogen-bond donors (Lipinski definition) is 2. The number of benzene rings is 1. The van der Waals surface area contributed by atoms with Gasteiger partial charge in [-0.05, 0) is 12.1 Å². The molecule has 6 nitrogen and oxygen atoms in total. The fourth-order valence-corrected chi connectivity index (χ4v) is 2.91. The van der Waals surface area contributed by atoms with E-state index in [0.717, 1.165) is 0 Å². The molecule has 2 aromatic rings. The number of aromatic amines is 1. The Morgan fingerprint density at radius 3 is 2.96 bits per heavy atom. The van der Waals surface area contributed by atoms with E-state index >= 15 is 0 Å². The van der Waals surface area contributed by atoms with Gasteiger partial charge in [0.2, 0.25) is 11.8 Å². The number of nitrogens with two attached hydrogens (primary N) is 1. The number of hydrogen-bond acceptors (Lipinski definition) is 5. The highest BCUT2D eigenvalue weighted by Crippen LogP contribution is 2.45. The van der Waals surface area contributed by atoms with Crippen LogP contribution in [0.5, 0.6) is 5.88 Å². The number of allylic oxidation sites excluding steroid dienone is 1. The molecule has 23 heavy (non-hydrogen) atoms. The Hall–Kier alpha value is -2.56. The van der Waals surface area contributed by atoms with Crippen molar-refractivity contribution >= 4 is 11.6 Å². The first-order valence-corrected chi connectivity index (χ1v) is 7.03. The van der Waals surface area contributed by atoms with Gasteiger partial charge in [0.05, 0.1) is 23.8 Å². The van der Waals surface area contributed by atoms with Gasteiger partial charge in [0.25, 0.3) is 0 Å². The second-order valence-electron chi connectivity index (χ2n) is 4.91. The number of rotatable bonds is 3. The molecule has 1 aliphatic rings. The minimum absolute atomic E-state index is 0.0725. The molecule has 0 saturated carbocycles. The number of nitrogens with one attached hydrogen (secondary N) is 1. The summed E-state index contributed by atoms with van der Waals surface area (Å²) < 4.78 is 24.9. The Balaban J connectivity index is 2.29. The smallest absolute Gasteiger partial charge is 0.244 e. The van der Waals surface area contributed by atoms with Gasteiger partial charge in [-0.3, -0.25) is 5.10 Å². The summed E-state index contributed by atoms with van der Waals surface area (Å²) in [6.07, 6.45) is 0. The van der Waals surface area contributed by atoms with E-state index in [4.69, 9.17) is 26.8 Å². The third-order valence-electron chi connectivity index (χ3n) is 3.59. The van der Waals surface area contributed by atoms with Gasteiger partial charge in [-0.2, -0.15) is 5.26 Å². The second kappa shape index (κ2) is 5.91. The van der Waals surface area contributed by atoms with E-state index in [2.05, 4.69) is 10.2 Å². The van der Waals surface area contributed by atoms with Crippen molar-refractivity contribution in [1.82, 2.24) is 10.2 Å². The zero-order valence-electron chi connectivity index (χ0n) is 12.1. The zero-order valence-corrected chi connectivity index (χ0v) is 12.8. The van der Waals surface area contributed by atoms with Crippen LogP contribution in [0.4, 0.5) is 4.39 Å². The van der Waals surface area contributed by atoms with Gasteiger partial charge < -0.3 is 15.2 Å². The lowest BCUT2D eigenvalue weighted by atomic mass is 9.83. The highest BCUT2D eigenvalue weighted by molar-refractivity contribution is 6.31. The summed E-state index contributed by atoms with van der Waals surface area (Å²) in [5.74, 6) is -1.31. The molecule has 1 atom stereocenters. The van der Waals surface area contributed by atoms with Gasteiger partial charge in [-0.1, -0.05) is 17.7 Å². The Bertz CT molecular complexity index is 820. The monoisotopic (exact) mass is 334 g/mol. The molecule has 3 rings (SSSR count). The number of fused-ring (bicyclic) bond motifs is 1. The molecule has 2 heterocycles. The maximum atomic E-state index is 14.4. The summed E-state index contributed by atoms with van der Waals surface area (Å²) in [6, 6.07) is 6.30. The molecular formula is C15H12ClFN4O2. The largest absolute Gasteiger partial charge is 0.420 e. The first-order valence-electron chi connectivity index (χ1n) is 6.66. The number of nitriles is 1. The van der Waals surface area contributed by atoms with E-state index in [-0.39, 0.29) is 34.5 Å². The van der Waals surface area contributed by atoms with Crippen LogP contribution in [0, 0.1) is 17.1 Å². The van der Waals surface area contributed by atoms with Crippen molar-refractivity contribution in [3.63, 3.8) is 0 Å². The van der Waals surface area contributed by atoms with Crippen LogP contribution in [0.2, 0.25) is 5.02 Å². The Morgan fingerprint density at radius 2 is 2.30 bits per heavy atom. The van der Waals surface area contributed by atoms with Crippen LogP contribution in [-0.4, -0.2) is 17.3 Å². The molecule has 1 unspecified atom stereocenters. The van der Waals surface area contributed by atoms with E-state index in [9.17, 15) is 9.65 Å². The second-order valence-corrected chi connectivity index (χ2v) is 5.32. The summed E-state index contributed by atoms with van der Waals surface area (Å²) in [5.41, 5.74) is 7.07. The van der Waals surface area contributed by atoms with E-state index < -0.39 is 11.7 Å². The number of aromatic nitrogens is 2. The molecule has 1 aliphatic heterocycles. The van der Waals surface area contributed by atoms with Crippen LogP contribution in [0.1, 0.15) is 22.7 Å². The van der Waals surface area contributed by atoms with Crippen LogP contribution in [-0.2, 0) is 11.3 Å². The molecule has 0 aliphatic carbocycles. The van der Waals surface area contributed by atoms with Crippen molar-refractivity contribution in [3.8, 4) is 11.9 Å². The summed E-state index contributed by atoms with van der Waals surface area (Å²) >= 11 is 6.18. The lowest BCUT2D eigenvalue weighted by Crippen LogP contribution is -2.22. The Morgan fingerprint density at radius 1 is 1.52 bits per heavy atom. The van der Waals surface area contributed by atoms with E-state index in [1.165, 1.54) is 19.2 Å². The molecule has 1 aromatic heterocycles. The number of nitrogens with zero attached hydrogens (tertiary/aromatic N) is 2. The van der Waals surface area contributed by atoms with Gasteiger partial charge in [0.15, 0.2) is 0 Å². The minimum Gasteiger partial charge on any atom is -0.420 e. The molecule has 0 amide bonds. The highest BCUT2D eigenvalue weighted by atomic mass is 35.5. The summed E-state index contributed by atoms with van der Waals surface area (Å²) in [5, 5.41) is 16.4. The third kappa shape index (κ3) is 2.42. The number of H-pyrrole nitrogens is 1. The predicted molar refractivity (Wildman–Crippen MR) is 80.0 cm³/mol. The van der Waals surface area contributed by atoms with Crippen LogP contribution < -0.4 is 10.5 Å². The average Bonchev–Trinajstić information content (AvgIpc) is 2.90. The average molecular weight is 335 g/mol. The Labute approximate surface area is 136 Å². The van der Waals surface area contributed by atoms with Gasteiger partial charge in [-0.25, -0.2) is 4.39 Å². The maximum Gasteiger partial charge on any atom is 0.244 e. The first-order chi connectivity index (χ1) is 11.1. The van der Waals surface area contributed by atoms with Crippen molar-refractivity contribution in [1.29, 1.82) is 5.26 Å². The van der Waals surface area contributed by atoms with Crippen LogP contribution >= 0.6 is 11.6 Å². The van der Waals surface area contributed by atoms with Gasteiger partial charge in [0.1, 0.15) is 17.5 Å². The van der Waals surface area contributed by atoms with Crippen molar-refractivity contribution in [2.24, 2.45) is 5.73 Å². The lowest BCUT2D eigenvalue weighted by molar-refractivity contribution is 0.180. The molecular weight excluding hydrogens is 323 g/mol. The molecule has 0 radical (unpaired) electrons. The van der Waals surface area contributed by atoms with Crippen molar-refractivity contribution in [2.45, 2.75) is 12.5 Å². The molecule has 0 fully saturated rings. The molecule has 0 bridgehead atoms. The topological polar surface area (TPSA) is 97.0 Å². The molecule has 0 saturated heterocycles. The lowest BCUT2D eigenvalue weighted by Gasteiger charge is -2.25. The van der Waals surface area contributed by atoms with E-state index in [1.54, 1.807) is 6.07 Å². The number of methoxy groups -OCH3 is 1. The number of halogens is 2. The summed E-state index contributed by atoms with van der Waals surface area (Å²) in [7, 11) is 1.51. The van der Waals surface area contributed by atoms with Crippen molar-refractivity contribution in [3.05, 3.63) is 57.3 Å². The molecule has 1 aromatic carbocycles. The SMILES string of the molecule is COCc1[nH]nc2c1C(c1c(F)cccc1Cl)C(C#N)=C(N)O2. The van der Waals surface area contributed by atoms with Crippen LogP contribution in [0.3, 0.4) is 0 Å². The maximum absolute atomic E-state index is 14.4. The standard InChI is InChI=1S/C15H12ClFN4O2/c1-22-6-10-13-11(12-8(16)3-2-4-9(12)17)7(5-18)14(19)23-15(13)21-20-10/h2-4,11H,6,19H2,1H3,(H,20,21). The van der Waals surface area contributed by atoms with Crippen LogP contribution in [0.25, 0.3) is 0 Å². The van der Waals surface area contributed by atoms with Gasteiger partial charge in [0, 0.05) is 17.7 Å². The highest BCUT2D eigenvalue weighted by Gasteiger charge is 2.37. The normalized spacial score (nSPS) is 16.7. The third-order valence-corrected chi connectivity index (χ3v) is 3.92. The van der Waals surface area contributed by atoms with E-state index in [1.807, 2.05) is 6.07 Å². The zero-order chi connectivity index (χ0) is 16.6. The van der Waals surface area contributed by atoms with E-state index in [0.29, 0.717) is 11.3 Å². The summed E-state index contributed by atoms with van der Waals surface area (Å²) in [6.45, 7) is 0.187. The molecule has 118 valence electrons. The summed E-state index contributed by atoms with van der Waals surface area (Å²) in [4.78, 5) is 0. The van der Waals surface area contributed by atoms with Gasteiger partial charge >= 0.3 is 0 Å². The minimum atomic E-state index is -0.818. The van der Waals surface area contributed by atoms with Crippen molar-refractivity contribution in [2.75, 3.05) is 7.11 Å². The fraction of sp³-hybridized carbons (Fsp3) is 0.200. The predicted octanol–water partition coefficient (Wildman–Crippen LogP) is 2.57. The molecule has 3 N–H and O–H groups in total. The van der Waals surface area contributed by atoms with Crippen LogP contribution in [0.15, 0.2) is 29.7 Å². The van der Waals surface area contributed by atoms with Crippen molar-refractivity contribution < 1.29 is 13.9 Å². The molecule has 8 heteroatoms. The number of ether oxygens (including phenoxy) is 2. The molecule has 0 spiro atoms. The fourth-order valence-electron chi connectivity index (χ4n) is 2.64. The Kier molecular flexibility index (Phi) is 3.94.